The lowest BCUT2D eigenvalue weighted by molar-refractivity contribution is 0.0784. The van der Waals surface area contributed by atoms with Crippen LogP contribution in [0.2, 0.25) is 5.02 Å². The van der Waals surface area contributed by atoms with Crippen molar-refractivity contribution in [3.63, 3.8) is 0 Å². The Balaban J connectivity index is 2.75. The van der Waals surface area contributed by atoms with E-state index >= 15 is 0 Å². The van der Waals surface area contributed by atoms with Crippen molar-refractivity contribution in [2.45, 2.75) is 31.6 Å². The van der Waals surface area contributed by atoms with Gasteiger partial charge in [-0.2, -0.15) is 0 Å². The second-order valence-corrected chi connectivity index (χ2v) is 6.40. The van der Waals surface area contributed by atoms with E-state index in [-0.39, 0.29) is 19.1 Å². The molecular formula is C10H16ClN3O3S. The molecule has 6 nitrogen and oxygen atoms in total. The first-order valence-electron chi connectivity index (χ1n) is 5.38. The van der Waals surface area contributed by atoms with Gasteiger partial charge >= 0.3 is 0 Å². The third-order valence-electron chi connectivity index (χ3n) is 2.16. The molecule has 1 heterocycles. The van der Waals surface area contributed by atoms with Gasteiger partial charge in [-0.15, -0.1) is 0 Å². The van der Waals surface area contributed by atoms with E-state index in [0.29, 0.717) is 10.8 Å². The van der Waals surface area contributed by atoms with Gasteiger partial charge in [0.1, 0.15) is 11.1 Å². The second-order valence-electron chi connectivity index (χ2n) is 4.11. The molecule has 0 spiro atoms. The van der Waals surface area contributed by atoms with Crippen molar-refractivity contribution in [3.05, 3.63) is 23.2 Å². The fraction of sp³-hybridized carbons (Fsp3) is 0.600. The summed E-state index contributed by atoms with van der Waals surface area (Å²) in [5.41, 5.74) is 0. The Morgan fingerprint density at radius 1 is 1.39 bits per heavy atom. The van der Waals surface area contributed by atoms with Crippen molar-refractivity contribution >= 4 is 21.6 Å². The normalized spacial score (nSPS) is 13.8. The molecule has 0 aliphatic rings. The molecule has 0 fully saturated rings. The number of sulfonamides is 1. The second kappa shape index (κ2) is 6.42. The van der Waals surface area contributed by atoms with E-state index in [4.69, 9.17) is 21.5 Å². The molecule has 0 radical (unpaired) electrons. The number of ether oxygens (including phenoxy) is 1. The van der Waals surface area contributed by atoms with Gasteiger partial charge in [0.15, 0.2) is 0 Å². The van der Waals surface area contributed by atoms with Crippen molar-refractivity contribution in [2.24, 2.45) is 5.14 Å². The number of halogens is 1. The summed E-state index contributed by atoms with van der Waals surface area (Å²) in [5.74, 6) is 0.366. The maximum Gasteiger partial charge on any atom is 0.214 e. The van der Waals surface area contributed by atoms with Crippen LogP contribution in [0.25, 0.3) is 0 Å². The van der Waals surface area contributed by atoms with Gasteiger partial charge in [-0.05, 0) is 13.8 Å². The van der Waals surface area contributed by atoms with E-state index in [1.54, 1.807) is 0 Å². The fourth-order valence-electron chi connectivity index (χ4n) is 1.22. The minimum atomic E-state index is -3.71. The zero-order valence-corrected chi connectivity index (χ0v) is 11.8. The molecule has 1 aromatic heterocycles. The van der Waals surface area contributed by atoms with Crippen LogP contribution in [-0.4, -0.2) is 36.3 Å². The Labute approximate surface area is 112 Å². The van der Waals surface area contributed by atoms with Gasteiger partial charge in [-0.1, -0.05) is 11.6 Å². The summed E-state index contributed by atoms with van der Waals surface area (Å²) in [6.07, 6.45) is 2.85. The van der Waals surface area contributed by atoms with Crippen molar-refractivity contribution in [1.82, 2.24) is 9.97 Å². The topological polar surface area (TPSA) is 95.2 Å². The summed E-state index contributed by atoms with van der Waals surface area (Å²) in [5, 5.41) is 4.69. The number of rotatable bonds is 6. The average Bonchev–Trinajstić information content (AvgIpc) is 2.24. The monoisotopic (exact) mass is 293 g/mol. The van der Waals surface area contributed by atoms with E-state index in [0.717, 1.165) is 0 Å². The minimum absolute atomic E-state index is 0.0164. The SMILES string of the molecule is CC(C)OCC(Cc1ncc(Cl)cn1)S(N)(=O)=O. The molecule has 1 rings (SSSR count). The maximum atomic E-state index is 11.4. The standard InChI is InChI=1S/C10H16ClN3O3S/c1-7(2)17-6-9(18(12,15)16)3-10-13-4-8(11)5-14-10/h4-5,7,9H,3,6H2,1-2H3,(H2,12,15,16). The molecule has 0 bridgehead atoms. The van der Waals surface area contributed by atoms with Crippen LogP contribution in [0, 0.1) is 0 Å². The highest BCUT2D eigenvalue weighted by molar-refractivity contribution is 7.89. The van der Waals surface area contributed by atoms with E-state index in [1.165, 1.54) is 12.4 Å². The Morgan fingerprint density at radius 3 is 2.39 bits per heavy atom. The zero-order valence-electron chi connectivity index (χ0n) is 10.2. The predicted molar refractivity (Wildman–Crippen MR) is 68.7 cm³/mol. The lowest BCUT2D eigenvalue weighted by Crippen LogP contribution is -2.35. The largest absolute Gasteiger partial charge is 0.377 e. The molecule has 2 N–H and O–H groups in total. The number of aromatic nitrogens is 2. The third-order valence-corrected chi connectivity index (χ3v) is 3.59. The van der Waals surface area contributed by atoms with Gasteiger partial charge < -0.3 is 4.74 Å². The molecule has 1 aromatic rings. The summed E-state index contributed by atoms with van der Waals surface area (Å²) in [4.78, 5) is 7.88. The molecule has 1 atom stereocenters. The molecule has 102 valence electrons. The van der Waals surface area contributed by atoms with Crippen LogP contribution in [0.4, 0.5) is 0 Å². The fourth-order valence-corrected chi connectivity index (χ4v) is 1.96. The summed E-state index contributed by atoms with van der Waals surface area (Å²) in [6, 6.07) is 0. The first-order chi connectivity index (χ1) is 8.29. The number of nitrogens with zero attached hydrogens (tertiary/aromatic N) is 2. The molecule has 0 saturated heterocycles. The highest BCUT2D eigenvalue weighted by Gasteiger charge is 2.24. The molecule has 0 aliphatic heterocycles. The van der Waals surface area contributed by atoms with Crippen LogP contribution in [-0.2, 0) is 21.2 Å². The zero-order chi connectivity index (χ0) is 13.8. The van der Waals surface area contributed by atoms with Gasteiger partial charge in [0.05, 0.1) is 17.7 Å². The summed E-state index contributed by atoms with van der Waals surface area (Å²) in [6.45, 7) is 3.65. The number of hydrogen-bond acceptors (Lipinski definition) is 5. The van der Waals surface area contributed by atoms with Crippen LogP contribution in [0.1, 0.15) is 19.7 Å². The Bertz CT molecular complexity index is 476. The molecule has 8 heteroatoms. The molecule has 1 unspecified atom stereocenters. The quantitative estimate of drug-likeness (QED) is 0.835. The smallest absolute Gasteiger partial charge is 0.214 e. The molecular weight excluding hydrogens is 278 g/mol. The number of primary sulfonamides is 1. The Kier molecular flexibility index (Phi) is 5.46. The van der Waals surface area contributed by atoms with Gasteiger partial charge in [0.2, 0.25) is 10.0 Å². The molecule has 0 amide bonds. The molecule has 0 saturated carbocycles. The van der Waals surface area contributed by atoms with Crippen molar-refractivity contribution in [2.75, 3.05) is 6.61 Å². The Morgan fingerprint density at radius 2 is 1.94 bits per heavy atom. The molecule has 18 heavy (non-hydrogen) atoms. The van der Waals surface area contributed by atoms with E-state index in [9.17, 15) is 8.42 Å². The van der Waals surface area contributed by atoms with Crippen LogP contribution in [0.15, 0.2) is 12.4 Å². The highest BCUT2D eigenvalue weighted by atomic mass is 35.5. The van der Waals surface area contributed by atoms with Crippen LogP contribution < -0.4 is 5.14 Å². The van der Waals surface area contributed by atoms with E-state index in [1.807, 2.05) is 13.8 Å². The average molecular weight is 294 g/mol. The highest BCUT2D eigenvalue weighted by Crippen LogP contribution is 2.08. The third kappa shape index (κ3) is 5.26. The van der Waals surface area contributed by atoms with Crippen molar-refractivity contribution < 1.29 is 13.2 Å². The lowest BCUT2D eigenvalue weighted by atomic mass is 10.3. The summed E-state index contributed by atoms with van der Waals surface area (Å²) >= 11 is 5.65. The van der Waals surface area contributed by atoms with Crippen molar-refractivity contribution in [3.8, 4) is 0 Å². The van der Waals surface area contributed by atoms with Gasteiger partial charge in [-0.25, -0.2) is 23.5 Å². The Hall–Kier alpha value is -0.760. The predicted octanol–water partition coefficient (Wildman–Crippen LogP) is 0.755. The van der Waals surface area contributed by atoms with E-state index in [2.05, 4.69) is 9.97 Å². The lowest BCUT2D eigenvalue weighted by Gasteiger charge is -2.16. The van der Waals surface area contributed by atoms with Crippen LogP contribution in [0.3, 0.4) is 0 Å². The van der Waals surface area contributed by atoms with Crippen LogP contribution >= 0.6 is 11.6 Å². The summed E-state index contributed by atoms with van der Waals surface area (Å²) < 4.78 is 28.1. The number of nitrogens with two attached hydrogens (primary N) is 1. The van der Waals surface area contributed by atoms with Gasteiger partial charge in [0, 0.05) is 18.8 Å². The van der Waals surface area contributed by atoms with Gasteiger partial charge in [-0.3, -0.25) is 0 Å². The minimum Gasteiger partial charge on any atom is -0.377 e. The molecule has 0 aliphatic carbocycles. The summed E-state index contributed by atoms with van der Waals surface area (Å²) in [7, 11) is -3.71. The number of hydrogen-bond donors (Lipinski definition) is 1. The first kappa shape index (κ1) is 15.3. The van der Waals surface area contributed by atoms with Gasteiger partial charge in [0.25, 0.3) is 0 Å². The first-order valence-corrected chi connectivity index (χ1v) is 7.37. The van der Waals surface area contributed by atoms with Crippen molar-refractivity contribution in [1.29, 1.82) is 0 Å². The molecule has 0 aromatic carbocycles. The van der Waals surface area contributed by atoms with E-state index < -0.39 is 15.3 Å². The van der Waals surface area contributed by atoms with Crippen LogP contribution in [0.5, 0.6) is 0 Å². The maximum absolute atomic E-state index is 11.4.